The van der Waals surface area contributed by atoms with E-state index >= 15 is 0 Å². The van der Waals surface area contributed by atoms with Gasteiger partial charge in [-0.1, -0.05) is 24.6 Å². The van der Waals surface area contributed by atoms with Crippen molar-refractivity contribution in [3.05, 3.63) is 29.8 Å². The molecule has 1 aliphatic rings. The second-order valence-electron chi connectivity index (χ2n) is 4.88. The van der Waals surface area contributed by atoms with Gasteiger partial charge in [-0.25, -0.2) is 0 Å². The van der Waals surface area contributed by atoms with Crippen LogP contribution in [0.1, 0.15) is 18.9 Å². The lowest BCUT2D eigenvalue weighted by Crippen LogP contribution is -2.32. The van der Waals surface area contributed by atoms with Crippen molar-refractivity contribution in [3.63, 3.8) is 0 Å². The van der Waals surface area contributed by atoms with Crippen LogP contribution >= 0.6 is 0 Å². The van der Waals surface area contributed by atoms with E-state index in [0.29, 0.717) is 5.92 Å². The summed E-state index contributed by atoms with van der Waals surface area (Å²) in [6.45, 7) is 5.16. The quantitative estimate of drug-likeness (QED) is 0.845. The molecule has 0 aromatic heterocycles. The normalized spacial score (nSPS) is 24.3. The molecule has 0 amide bonds. The molecule has 4 nitrogen and oxygen atoms in total. The molecule has 1 aliphatic heterocycles. The van der Waals surface area contributed by atoms with Crippen LogP contribution in [-0.4, -0.2) is 27.6 Å². The summed E-state index contributed by atoms with van der Waals surface area (Å²) in [5.74, 6) is 0.457. The van der Waals surface area contributed by atoms with Gasteiger partial charge in [0.15, 0.2) is 0 Å². The minimum atomic E-state index is -3.63. The number of hydrogen-bond donors (Lipinski definition) is 1. The summed E-state index contributed by atoms with van der Waals surface area (Å²) in [6.07, 6.45) is 1.07. The van der Waals surface area contributed by atoms with Crippen LogP contribution in [-0.2, 0) is 14.3 Å². The predicted octanol–water partition coefficient (Wildman–Crippen LogP) is 1.70. The molecule has 1 aromatic carbocycles. The maximum absolute atomic E-state index is 12.0. The molecule has 0 radical (unpaired) electrons. The number of hydrogen-bond acceptors (Lipinski definition) is 4. The summed E-state index contributed by atoms with van der Waals surface area (Å²) in [6, 6.07) is 6.83. The Kier molecular flexibility index (Phi) is 4.04. The Balaban J connectivity index is 2.01. The molecular formula is C13H19NO3S. The van der Waals surface area contributed by atoms with Crippen LogP contribution in [0.3, 0.4) is 0 Å². The molecule has 0 bridgehead atoms. The molecule has 1 heterocycles. The fourth-order valence-corrected chi connectivity index (χ4v) is 2.99. The van der Waals surface area contributed by atoms with Crippen LogP contribution in [0, 0.1) is 12.8 Å². The summed E-state index contributed by atoms with van der Waals surface area (Å²) < 4.78 is 29.0. The highest BCUT2D eigenvalue weighted by Crippen LogP contribution is 2.18. The molecule has 1 N–H and O–H groups in total. The third kappa shape index (κ3) is 3.10. The van der Waals surface area contributed by atoms with E-state index in [0.717, 1.165) is 18.5 Å². The topological polar surface area (TPSA) is 55.4 Å². The van der Waals surface area contributed by atoms with Crippen LogP contribution in [0.5, 0.6) is 0 Å². The third-order valence-electron chi connectivity index (χ3n) is 3.41. The van der Waals surface area contributed by atoms with Crippen LogP contribution in [0.15, 0.2) is 29.2 Å². The lowest BCUT2D eigenvalue weighted by molar-refractivity contribution is 0.258. The highest BCUT2D eigenvalue weighted by atomic mass is 32.2. The first-order chi connectivity index (χ1) is 8.49. The molecule has 0 spiro atoms. The molecule has 0 aliphatic carbocycles. The molecular weight excluding hydrogens is 250 g/mol. The molecule has 1 saturated heterocycles. The van der Waals surface area contributed by atoms with E-state index in [4.69, 9.17) is 4.18 Å². The maximum Gasteiger partial charge on any atom is 0.297 e. The van der Waals surface area contributed by atoms with Gasteiger partial charge in [-0.3, -0.25) is 4.18 Å². The second kappa shape index (κ2) is 5.38. The van der Waals surface area contributed by atoms with E-state index in [-0.39, 0.29) is 17.5 Å². The van der Waals surface area contributed by atoms with Gasteiger partial charge < -0.3 is 5.32 Å². The van der Waals surface area contributed by atoms with Crippen molar-refractivity contribution in [3.8, 4) is 0 Å². The molecule has 2 atom stereocenters. The van der Waals surface area contributed by atoms with Crippen molar-refractivity contribution in [2.45, 2.75) is 31.2 Å². The Bertz CT molecular complexity index is 495. The summed E-state index contributed by atoms with van der Waals surface area (Å²) in [7, 11) is -3.63. The van der Waals surface area contributed by atoms with E-state index < -0.39 is 10.1 Å². The van der Waals surface area contributed by atoms with Gasteiger partial charge in [-0.2, -0.15) is 8.42 Å². The first kappa shape index (κ1) is 13.5. The Morgan fingerprint density at radius 1 is 1.33 bits per heavy atom. The zero-order chi connectivity index (χ0) is 13.2. The lowest BCUT2D eigenvalue weighted by atomic mass is 10.1. The molecule has 1 aromatic rings. The van der Waals surface area contributed by atoms with Crippen molar-refractivity contribution >= 4 is 10.1 Å². The van der Waals surface area contributed by atoms with Gasteiger partial charge in [-0.15, -0.1) is 0 Å². The standard InChI is InChI=1S/C13H19NO3S/c1-10-3-5-12(6-4-10)18(15,16)17-9-13-11(2)7-8-14-13/h3-6,11,13-14H,7-9H2,1-2H3/t11-,13-/m1/s1. The minimum absolute atomic E-state index is 0.130. The zero-order valence-electron chi connectivity index (χ0n) is 10.7. The third-order valence-corrected chi connectivity index (χ3v) is 4.70. The Morgan fingerprint density at radius 2 is 2.00 bits per heavy atom. The fraction of sp³-hybridized carbons (Fsp3) is 0.538. The zero-order valence-corrected chi connectivity index (χ0v) is 11.5. The van der Waals surface area contributed by atoms with Gasteiger partial charge in [0.25, 0.3) is 10.1 Å². The van der Waals surface area contributed by atoms with Crippen LogP contribution in [0.25, 0.3) is 0 Å². The predicted molar refractivity (Wildman–Crippen MR) is 69.9 cm³/mol. The molecule has 100 valence electrons. The highest BCUT2D eigenvalue weighted by Gasteiger charge is 2.25. The number of nitrogens with one attached hydrogen (secondary N) is 1. The van der Waals surface area contributed by atoms with Gasteiger partial charge in [0, 0.05) is 6.04 Å². The molecule has 0 unspecified atom stereocenters. The van der Waals surface area contributed by atoms with Crippen molar-refractivity contribution in [1.82, 2.24) is 5.32 Å². The van der Waals surface area contributed by atoms with Gasteiger partial charge in [0.2, 0.25) is 0 Å². The van der Waals surface area contributed by atoms with E-state index in [1.807, 2.05) is 6.92 Å². The van der Waals surface area contributed by atoms with Crippen molar-refractivity contribution in [1.29, 1.82) is 0 Å². The van der Waals surface area contributed by atoms with Gasteiger partial charge in [0.05, 0.1) is 11.5 Å². The van der Waals surface area contributed by atoms with E-state index in [9.17, 15) is 8.42 Å². The molecule has 18 heavy (non-hydrogen) atoms. The van der Waals surface area contributed by atoms with Gasteiger partial charge in [0.1, 0.15) is 0 Å². The number of rotatable bonds is 4. The van der Waals surface area contributed by atoms with E-state index in [1.165, 1.54) is 0 Å². The maximum atomic E-state index is 12.0. The molecule has 2 rings (SSSR count). The lowest BCUT2D eigenvalue weighted by Gasteiger charge is -2.15. The first-order valence-electron chi connectivity index (χ1n) is 6.18. The monoisotopic (exact) mass is 269 g/mol. The van der Waals surface area contributed by atoms with E-state index in [1.54, 1.807) is 24.3 Å². The molecule has 5 heteroatoms. The Labute approximate surface area is 108 Å². The summed E-state index contributed by atoms with van der Waals surface area (Å²) in [5, 5.41) is 3.25. The van der Waals surface area contributed by atoms with Crippen molar-refractivity contribution < 1.29 is 12.6 Å². The summed E-state index contributed by atoms with van der Waals surface area (Å²) >= 11 is 0. The largest absolute Gasteiger partial charge is 0.311 e. The van der Waals surface area contributed by atoms with Crippen LogP contribution in [0.2, 0.25) is 0 Å². The minimum Gasteiger partial charge on any atom is -0.311 e. The first-order valence-corrected chi connectivity index (χ1v) is 7.59. The fourth-order valence-electron chi connectivity index (χ4n) is 2.06. The van der Waals surface area contributed by atoms with Gasteiger partial charge >= 0.3 is 0 Å². The Morgan fingerprint density at radius 3 is 2.56 bits per heavy atom. The smallest absolute Gasteiger partial charge is 0.297 e. The Hall–Kier alpha value is -0.910. The SMILES string of the molecule is Cc1ccc(S(=O)(=O)OC[C@H]2NCC[C@H]2C)cc1. The van der Waals surface area contributed by atoms with Gasteiger partial charge in [-0.05, 0) is 37.9 Å². The molecule has 0 saturated carbocycles. The average molecular weight is 269 g/mol. The van der Waals surface area contributed by atoms with Crippen LogP contribution in [0.4, 0.5) is 0 Å². The molecule has 1 fully saturated rings. The van der Waals surface area contributed by atoms with Crippen molar-refractivity contribution in [2.24, 2.45) is 5.92 Å². The van der Waals surface area contributed by atoms with Crippen molar-refractivity contribution in [2.75, 3.05) is 13.2 Å². The number of benzene rings is 1. The van der Waals surface area contributed by atoms with E-state index in [2.05, 4.69) is 12.2 Å². The summed E-state index contributed by atoms with van der Waals surface area (Å²) in [4.78, 5) is 0.221. The summed E-state index contributed by atoms with van der Waals surface area (Å²) in [5.41, 5.74) is 1.03. The average Bonchev–Trinajstić information content (AvgIpc) is 2.73. The van der Waals surface area contributed by atoms with Crippen LogP contribution < -0.4 is 5.32 Å². The second-order valence-corrected chi connectivity index (χ2v) is 6.49. The highest BCUT2D eigenvalue weighted by molar-refractivity contribution is 7.86. The number of aryl methyl sites for hydroxylation is 1.